The maximum atomic E-state index is 10.8. The van der Waals surface area contributed by atoms with Gasteiger partial charge in [-0.2, -0.15) is 0 Å². The van der Waals surface area contributed by atoms with Gasteiger partial charge in [-0.1, -0.05) is 26.0 Å². The summed E-state index contributed by atoms with van der Waals surface area (Å²) in [7, 11) is 2.18. The molecule has 0 heterocycles. The Kier molecular flexibility index (Phi) is 4.81. The van der Waals surface area contributed by atoms with E-state index in [-0.39, 0.29) is 0 Å². The van der Waals surface area contributed by atoms with Crippen molar-refractivity contribution in [3.05, 3.63) is 35.4 Å². The van der Waals surface area contributed by atoms with Crippen molar-refractivity contribution in [1.29, 1.82) is 0 Å². The highest BCUT2D eigenvalue weighted by atomic mass is 16.4. The molecule has 110 valence electrons. The van der Waals surface area contributed by atoms with E-state index in [1.54, 1.807) is 12.1 Å². The van der Waals surface area contributed by atoms with Crippen LogP contribution in [0.3, 0.4) is 0 Å². The van der Waals surface area contributed by atoms with Crippen LogP contribution in [-0.2, 0) is 6.54 Å². The Labute approximate surface area is 121 Å². The molecule has 0 saturated heterocycles. The molecule has 0 aliphatic heterocycles. The summed E-state index contributed by atoms with van der Waals surface area (Å²) in [5, 5.41) is 8.91. The zero-order valence-electron chi connectivity index (χ0n) is 12.7. The van der Waals surface area contributed by atoms with Gasteiger partial charge in [0.15, 0.2) is 0 Å². The predicted octanol–water partition coefficient (Wildman–Crippen LogP) is 3.64. The highest BCUT2D eigenvalue weighted by molar-refractivity contribution is 5.87. The Balaban J connectivity index is 1.97. The van der Waals surface area contributed by atoms with Gasteiger partial charge in [0.25, 0.3) is 0 Å². The van der Waals surface area contributed by atoms with Gasteiger partial charge < -0.3 is 5.11 Å². The van der Waals surface area contributed by atoms with Crippen molar-refractivity contribution in [2.75, 3.05) is 7.05 Å². The maximum Gasteiger partial charge on any atom is 0.335 e. The number of hydrogen-bond donors (Lipinski definition) is 1. The molecule has 1 aromatic carbocycles. The minimum Gasteiger partial charge on any atom is -0.478 e. The summed E-state index contributed by atoms with van der Waals surface area (Å²) < 4.78 is 0. The second-order valence-corrected chi connectivity index (χ2v) is 6.38. The minimum absolute atomic E-state index is 0.358. The summed E-state index contributed by atoms with van der Waals surface area (Å²) in [6.07, 6.45) is 3.90. The topological polar surface area (TPSA) is 40.5 Å². The number of rotatable bonds is 4. The van der Waals surface area contributed by atoms with Crippen LogP contribution in [0, 0.1) is 11.8 Å². The molecular formula is C17H25NO2. The third-order valence-electron chi connectivity index (χ3n) is 4.59. The van der Waals surface area contributed by atoms with Gasteiger partial charge in [0, 0.05) is 12.6 Å². The molecule has 0 aromatic heterocycles. The Morgan fingerprint density at radius 1 is 1.25 bits per heavy atom. The number of carbonyl (C=O) groups is 1. The zero-order chi connectivity index (χ0) is 14.7. The van der Waals surface area contributed by atoms with E-state index in [2.05, 4.69) is 25.8 Å². The van der Waals surface area contributed by atoms with E-state index in [9.17, 15) is 4.79 Å². The first-order valence-electron chi connectivity index (χ1n) is 7.50. The van der Waals surface area contributed by atoms with Gasteiger partial charge in [-0.25, -0.2) is 4.79 Å². The van der Waals surface area contributed by atoms with Crippen LogP contribution >= 0.6 is 0 Å². The number of nitrogens with zero attached hydrogens (tertiary/aromatic N) is 1. The zero-order valence-corrected chi connectivity index (χ0v) is 12.7. The molecule has 2 rings (SSSR count). The van der Waals surface area contributed by atoms with E-state index in [4.69, 9.17) is 5.11 Å². The quantitative estimate of drug-likeness (QED) is 0.912. The molecule has 1 aromatic rings. The van der Waals surface area contributed by atoms with Crippen molar-refractivity contribution in [2.24, 2.45) is 11.8 Å². The molecule has 3 atom stereocenters. The molecule has 3 heteroatoms. The van der Waals surface area contributed by atoms with E-state index in [0.29, 0.717) is 11.6 Å². The number of carboxylic acids is 1. The smallest absolute Gasteiger partial charge is 0.335 e. The van der Waals surface area contributed by atoms with Gasteiger partial charge in [0.1, 0.15) is 0 Å². The molecule has 1 aliphatic rings. The lowest BCUT2D eigenvalue weighted by molar-refractivity contribution is 0.0697. The van der Waals surface area contributed by atoms with E-state index in [1.807, 2.05) is 12.1 Å². The Morgan fingerprint density at radius 3 is 2.45 bits per heavy atom. The lowest BCUT2D eigenvalue weighted by atomic mass is 9.79. The summed E-state index contributed by atoms with van der Waals surface area (Å²) in [5.41, 5.74) is 1.54. The molecule has 1 aliphatic carbocycles. The average molecular weight is 275 g/mol. The van der Waals surface area contributed by atoms with Crippen LogP contribution < -0.4 is 0 Å². The molecule has 3 unspecified atom stereocenters. The van der Waals surface area contributed by atoms with Crippen LogP contribution in [-0.4, -0.2) is 29.1 Å². The van der Waals surface area contributed by atoms with Gasteiger partial charge in [-0.05, 0) is 55.8 Å². The average Bonchev–Trinajstić information content (AvgIpc) is 2.39. The molecule has 1 N–H and O–H groups in total. The summed E-state index contributed by atoms with van der Waals surface area (Å²) in [5.74, 6) is 0.728. The molecule has 0 amide bonds. The van der Waals surface area contributed by atoms with E-state index < -0.39 is 5.97 Å². The fraction of sp³-hybridized carbons (Fsp3) is 0.588. The van der Waals surface area contributed by atoms with Crippen LogP contribution in [0.15, 0.2) is 24.3 Å². The van der Waals surface area contributed by atoms with Crippen molar-refractivity contribution < 1.29 is 9.90 Å². The van der Waals surface area contributed by atoms with E-state index in [0.717, 1.165) is 18.4 Å². The van der Waals surface area contributed by atoms with E-state index >= 15 is 0 Å². The summed E-state index contributed by atoms with van der Waals surface area (Å²) in [6, 6.07) is 7.88. The summed E-state index contributed by atoms with van der Waals surface area (Å²) in [6.45, 7) is 5.59. The predicted molar refractivity (Wildman–Crippen MR) is 80.8 cm³/mol. The van der Waals surface area contributed by atoms with Crippen molar-refractivity contribution >= 4 is 5.97 Å². The highest BCUT2D eigenvalue weighted by Gasteiger charge is 2.28. The molecule has 0 radical (unpaired) electrons. The largest absolute Gasteiger partial charge is 0.478 e. The SMILES string of the molecule is CC1CCC(N(C)Cc2ccc(C(=O)O)cc2)C(C)C1. The standard InChI is InChI=1S/C17H25NO2/c1-12-4-9-16(13(2)10-12)18(3)11-14-5-7-15(8-6-14)17(19)20/h5-8,12-13,16H,4,9-11H2,1-3H3,(H,19,20). The number of benzene rings is 1. The monoisotopic (exact) mass is 275 g/mol. The number of aromatic carboxylic acids is 1. The first-order chi connectivity index (χ1) is 9.47. The molecule has 0 bridgehead atoms. The lowest BCUT2D eigenvalue weighted by Gasteiger charge is -2.38. The van der Waals surface area contributed by atoms with Gasteiger partial charge in [-0.3, -0.25) is 4.90 Å². The highest BCUT2D eigenvalue weighted by Crippen LogP contribution is 2.31. The molecule has 1 fully saturated rings. The fourth-order valence-electron chi connectivity index (χ4n) is 3.46. The molecule has 3 nitrogen and oxygen atoms in total. The molecular weight excluding hydrogens is 250 g/mol. The van der Waals surface area contributed by atoms with Crippen LogP contribution in [0.4, 0.5) is 0 Å². The van der Waals surface area contributed by atoms with Crippen molar-refractivity contribution in [3.8, 4) is 0 Å². The third kappa shape index (κ3) is 3.60. The fourth-order valence-corrected chi connectivity index (χ4v) is 3.46. The lowest BCUT2D eigenvalue weighted by Crippen LogP contribution is -2.40. The molecule has 0 spiro atoms. The van der Waals surface area contributed by atoms with Crippen LogP contribution in [0.25, 0.3) is 0 Å². The van der Waals surface area contributed by atoms with Crippen molar-refractivity contribution in [1.82, 2.24) is 4.90 Å². The normalized spacial score (nSPS) is 26.7. The van der Waals surface area contributed by atoms with Gasteiger partial charge in [0.05, 0.1) is 5.56 Å². The van der Waals surface area contributed by atoms with Gasteiger partial charge in [-0.15, -0.1) is 0 Å². The van der Waals surface area contributed by atoms with Crippen LogP contribution in [0.1, 0.15) is 49.0 Å². The minimum atomic E-state index is -0.861. The first kappa shape index (κ1) is 15.0. The number of hydrogen-bond acceptors (Lipinski definition) is 2. The maximum absolute atomic E-state index is 10.8. The first-order valence-corrected chi connectivity index (χ1v) is 7.50. The van der Waals surface area contributed by atoms with Gasteiger partial charge in [0.2, 0.25) is 0 Å². The molecule has 20 heavy (non-hydrogen) atoms. The van der Waals surface area contributed by atoms with Gasteiger partial charge >= 0.3 is 5.97 Å². The Bertz CT molecular complexity index is 455. The summed E-state index contributed by atoms with van der Waals surface area (Å²) >= 11 is 0. The Hall–Kier alpha value is -1.35. The number of carboxylic acid groups (broad SMARTS) is 1. The van der Waals surface area contributed by atoms with E-state index in [1.165, 1.54) is 24.8 Å². The second kappa shape index (κ2) is 6.40. The van der Waals surface area contributed by atoms with Crippen LogP contribution in [0.5, 0.6) is 0 Å². The van der Waals surface area contributed by atoms with Crippen LogP contribution in [0.2, 0.25) is 0 Å². The molecule has 1 saturated carbocycles. The summed E-state index contributed by atoms with van der Waals surface area (Å²) in [4.78, 5) is 13.3. The third-order valence-corrected chi connectivity index (χ3v) is 4.59. The second-order valence-electron chi connectivity index (χ2n) is 6.38. The van der Waals surface area contributed by atoms with Crippen molar-refractivity contribution in [2.45, 2.75) is 45.7 Å². The van der Waals surface area contributed by atoms with Crippen molar-refractivity contribution in [3.63, 3.8) is 0 Å². The Morgan fingerprint density at radius 2 is 1.90 bits per heavy atom.